The quantitative estimate of drug-likeness (QED) is 0.716. The number of sulfonamides is 1. The molecule has 0 aliphatic carbocycles. The van der Waals surface area contributed by atoms with Crippen LogP contribution in [0.15, 0.2) is 33.8 Å². The van der Waals surface area contributed by atoms with Crippen LogP contribution >= 0.6 is 0 Å². The van der Waals surface area contributed by atoms with Gasteiger partial charge in [-0.05, 0) is 19.1 Å². The minimum Gasteiger partial charge on any atom is -0.379 e. The molecule has 2 aromatic rings. The summed E-state index contributed by atoms with van der Waals surface area (Å²) in [5.41, 5.74) is 0.946. The minimum absolute atomic E-state index is 0.234. The van der Waals surface area contributed by atoms with E-state index in [1.807, 2.05) is 13.0 Å². The van der Waals surface area contributed by atoms with Gasteiger partial charge in [0.25, 0.3) is 0 Å². The lowest BCUT2D eigenvalue weighted by Crippen LogP contribution is -2.46. The molecule has 0 spiro atoms. The first kappa shape index (κ1) is 19.3. The summed E-state index contributed by atoms with van der Waals surface area (Å²) >= 11 is 0. The van der Waals surface area contributed by atoms with E-state index >= 15 is 0 Å². The zero-order valence-corrected chi connectivity index (χ0v) is 16.8. The number of anilines is 1. The van der Waals surface area contributed by atoms with Crippen LogP contribution in [0, 0.1) is 6.92 Å². The number of hydrogen-bond acceptors (Lipinski definition) is 8. The molecule has 0 unspecified atom stereocenters. The monoisotopic (exact) mass is 407 g/mol. The molecule has 9 nitrogen and oxygen atoms in total. The van der Waals surface area contributed by atoms with Gasteiger partial charge >= 0.3 is 0 Å². The van der Waals surface area contributed by atoms with Crippen molar-refractivity contribution < 1.29 is 17.7 Å². The molecule has 10 heteroatoms. The maximum Gasteiger partial charge on any atom is 0.244 e. The van der Waals surface area contributed by atoms with Crippen LogP contribution in [-0.2, 0) is 21.3 Å². The standard InChI is InChI=1S/C18H25N5O4S/c1-15-12-16(20-27-15)14-21-4-6-22(7-5-21)18-3-2-17(13-19-18)28(24,25)23-8-10-26-11-9-23/h2-3,12-13H,4-11,14H2,1H3. The van der Waals surface area contributed by atoms with Crippen LogP contribution in [0.25, 0.3) is 0 Å². The van der Waals surface area contributed by atoms with E-state index in [-0.39, 0.29) is 4.90 Å². The van der Waals surface area contributed by atoms with Gasteiger partial charge in [0.1, 0.15) is 16.5 Å². The number of aryl methyl sites for hydroxylation is 1. The van der Waals surface area contributed by atoms with Gasteiger partial charge in [-0.2, -0.15) is 4.31 Å². The lowest BCUT2D eigenvalue weighted by atomic mass is 10.2. The fourth-order valence-corrected chi connectivity index (χ4v) is 4.86. The average Bonchev–Trinajstić information content (AvgIpc) is 3.14. The van der Waals surface area contributed by atoms with Crippen LogP contribution in [0.1, 0.15) is 11.5 Å². The minimum atomic E-state index is -3.50. The number of nitrogens with zero attached hydrogens (tertiary/aromatic N) is 5. The second-order valence-corrected chi connectivity index (χ2v) is 9.00. The Morgan fingerprint density at radius 3 is 2.43 bits per heavy atom. The Morgan fingerprint density at radius 2 is 1.82 bits per heavy atom. The molecule has 4 rings (SSSR count). The summed E-state index contributed by atoms with van der Waals surface area (Å²) in [6, 6.07) is 5.41. The van der Waals surface area contributed by atoms with Crippen molar-refractivity contribution in [3.8, 4) is 0 Å². The zero-order chi connectivity index (χ0) is 19.6. The highest BCUT2D eigenvalue weighted by Crippen LogP contribution is 2.20. The number of morpholine rings is 1. The van der Waals surface area contributed by atoms with E-state index in [1.54, 1.807) is 12.1 Å². The van der Waals surface area contributed by atoms with E-state index < -0.39 is 10.0 Å². The number of piperazine rings is 1. The van der Waals surface area contributed by atoms with Crippen molar-refractivity contribution in [2.75, 3.05) is 57.4 Å². The second kappa shape index (κ2) is 8.16. The van der Waals surface area contributed by atoms with Crippen molar-refractivity contribution >= 4 is 15.8 Å². The first-order valence-corrected chi connectivity index (χ1v) is 10.9. The van der Waals surface area contributed by atoms with Gasteiger partial charge in [-0.3, -0.25) is 4.90 Å². The number of pyridine rings is 1. The summed E-state index contributed by atoms with van der Waals surface area (Å²) in [5, 5.41) is 4.05. The maximum atomic E-state index is 12.7. The van der Waals surface area contributed by atoms with Crippen molar-refractivity contribution in [2.24, 2.45) is 0 Å². The van der Waals surface area contributed by atoms with Gasteiger partial charge < -0.3 is 14.2 Å². The van der Waals surface area contributed by atoms with Crippen LogP contribution < -0.4 is 4.90 Å². The molecular formula is C18H25N5O4S. The van der Waals surface area contributed by atoms with Crippen molar-refractivity contribution in [2.45, 2.75) is 18.4 Å². The van der Waals surface area contributed by atoms with Crippen molar-refractivity contribution in [3.63, 3.8) is 0 Å². The van der Waals surface area contributed by atoms with Gasteiger partial charge in [-0.1, -0.05) is 5.16 Å². The normalized spacial score (nSPS) is 19.8. The average molecular weight is 407 g/mol. The topological polar surface area (TPSA) is 92.0 Å². The van der Waals surface area contributed by atoms with Crippen LogP contribution in [0.5, 0.6) is 0 Å². The Hall–Kier alpha value is -2.01. The number of rotatable bonds is 5. The van der Waals surface area contributed by atoms with Gasteiger partial charge in [0, 0.05) is 58.1 Å². The summed E-state index contributed by atoms with van der Waals surface area (Å²) in [6.07, 6.45) is 1.46. The van der Waals surface area contributed by atoms with Crippen molar-refractivity contribution in [1.29, 1.82) is 0 Å². The van der Waals surface area contributed by atoms with Gasteiger partial charge in [-0.15, -0.1) is 0 Å². The summed E-state index contributed by atoms with van der Waals surface area (Å²) in [5.74, 6) is 1.63. The van der Waals surface area contributed by atoms with E-state index in [0.29, 0.717) is 26.3 Å². The molecule has 2 aromatic heterocycles. The molecule has 2 aliphatic heterocycles. The number of hydrogen-bond donors (Lipinski definition) is 0. The lowest BCUT2D eigenvalue weighted by Gasteiger charge is -2.35. The van der Waals surface area contributed by atoms with E-state index in [9.17, 15) is 8.42 Å². The third-order valence-corrected chi connectivity index (χ3v) is 6.97. The zero-order valence-electron chi connectivity index (χ0n) is 16.0. The fraction of sp³-hybridized carbons (Fsp3) is 0.556. The molecule has 0 aromatic carbocycles. The van der Waals surface area contributed by atoms with E-state index in [1.165, 1.54) is 10.5 Å². The first-order valence-electron chi connectivity index (χ1n) is 9.46. The van der Waals surface area contributed by atoms with Crippen LogP contribution in [0.2, 0.25) is 0 Å². The predicted octanol–water partition coefficient (Wildman–Crippen LogP) is 0.721. The van der Waals surface area contributed by atoms with Crippen molar-refractivity contribution in [1.82, 2.24) is 19.3 Å². The molecule has 152 valence electrons. The highest BCUT2D eigenvalue weighted by molar-refractivity contribution is 7.89. The first-order chi connectivity index (χ1) is 13.5. The Labute approximate surface area is 164 Å². The molecule has 2 saturated heterocycles. The highest BCUT2D eigenvalue weighted by Gasteiger charge is 2.27. The molecule has 2 fully saturated rings. The van der Waals surface area contributed by atoms with Gasteiger partial charge in [0.15, 0.2) is 0 Å². The molecule has 0 amide bonds. The van der Waals surface area contributed by atoms with E-state index in [0.717, 1.165) is 50.0 Å². The Kier molecular flexibility index (Phi) is 5.63. The van der Waals surface area contributed by atoms with Crippen LogP contribution in [0.3, 0.4) is 0 Å². The number of aromatic nitrogens is 2. The third kappa shape index (κ3) is 4.19. The third-order valence-electron chi connectivity index (χ3n) is 5.09. The van der Waals surface area contributed by atoms with E-state index in [4.69, 9.17) is 9.26 Å². The molecule has 0 saturated carbocycles. The second-order valence-electron chi connectivity index (χ2n) is 7.06. The van der Waals surface area contributed by atoms with E-state index in [2.05, 4.69) is 19.9 Å². The number of ether oxygens (including phenoxy) is 1. The lowest BCUT2D eigenvalue weighted by molar-refractivity contribution is 0.0730. The predicted molar refractivity (Wildman–Crippen MR) is 103 cm³/mol. The Morgan fingerprint density at radius 1 is 1.07 bits per heavy atom. The van der Waals surface area contributed by atoms with Crippen molar-refractivity contribution in [3.05, 3.63) is 35.9 Å². The Balaban J connectivity index is 1.35. The van der Waals surface area contributed by atoms with Gasteiger partial charge in [-0.25, -0.2) is 13.4 Å². The summed E-state index contributed by atoms with van der Waals surface area (Å²) in [7, 11) is -3.50. The fourth-order valence-electron chi connectivity index (χ4n) is 3.50. The summed E-state index contributed by atoms with van der Waals surface area (Å²) in [6.45, 7) is 7.75. The van der Waals surface area contributed by atoms with Crippen LogP contribution in [0.4, 0.5) is 5.82 Å². The SMILES string of the molecule is Cc1cc(CN2CCN(c3ccc(S(=O)(=O)N4CCOCC4)cn3)CC2)no1. The molecule has 4 heterocycles. The van der Waals surface area contributed by atoms with Crippen LogP contribution in [-0.4, -0.2) is 80.2 Å². The maximum absolute atomic E-state index is 12.7. The molecule has 0 atom stereocenters. The molecule has 0 bridgehead atoms. The summed E-state index contributed by atoms with van der Waals surface area (Å²) < 4.78 is 37.2. The summed E-state index contributed by atoms with van der Waals surface area (Å²) in [4.78, 5) is 9.15. The Bertz CT molecular complexity index is 885. The highest BCUT2D eigenvalue weighted by atomic mass is 32.2. The molecule has 0 N–H and O–H groups in total. The molecule has 2 aliphatic rings. The van der Waals surface area contributed by atoms with Gasteiger partial charge in [0.2, 0.25) is 10.0 Å². The van der Waals surface area contributed by atoms with Gasteiger partial charge in [0.05, 0.1) is 18.9 Å². The molecule has 28 heavy (non-hydrogen) atoms. The smallest absolute Gasteiger partial charge is 0.244 e. The molecule has 0 radical (unpaired) electrons. The largest absolute Gasteiger partial charge is 0.379 e. The molecular weight excluding hydrogens is 382 g/mol.